The number of benzene rings is 1. The van der Waals surface area contributed by atoms with Crippen LogP contribution in [-0.2, 0) is 5.41 Å². The van der Waals surface area contributed by atoms with E-state index in [0.29, 0.717) is 11.8 Å². The van der Waals surface area contributed by atoms with E-state index >= 15 is 0 Å². The molecule has 1 aromatic carbocycles. The van der Waals surface area contributed by atoms with Gasteiger partial charge in [-0.3, -0.25) is 15.0 Å². The second-order valence-electron chi connectivity index (χ2n) is 4.77. The molecule has 0 saturated carbocycles. The molecule has 1 rings (SSSR count). The van der Waals surface area contributed by atoms with Crippen LogP contribution in [0.2, 0.25) is 0 Å². The van der Waals surface area contributed by atoms with Crippen LogP contribution in [-0.4, -0.2) is 17.3 Å². The van der Waals surface area contributed by atoms with E-state index in [9.17, 15) is 14.7 Å². The van der Waals surface area contributed by atoms with Crippen molar-refractivity contribution in [2.75, 3.05) is 0 Å². The fourth-order valence-corrected chi connectivity index (χ4v) is 1.78. The number of phenolic OH excluding ortho intramolecular Hbond substituents is 1. The van der Waals surface area contributed by atoms with Crippen molar-refractivity contribution in [3.05, 3.63) is 28.8 Å². The van der Waals surface area contributed by atoms with Crippen molar-refractivity contribution < 1.29 is 14.7 Å². The summed E-state index contributed by atoms with van der Waals surface area (Å²) >= 11 is 0. The van der Waals surface area contributed by atoms with Gasteiger partial charge in [-0.15, -0.1) is 0 Å². The van der Waals surface area contributed by atoms with Crippen LogP contribution in [0.1, 0.15) is 47.1 Å². The van der Waals surface area contributed by atoms with Crippen molar-refractivity contribution in [2.24, 2.45) is 5.84 Å². The third-order valence-electron chi connectivity index (χ3n) is 2.45. The van der Waals surface area contributed by atoms with E-state index in [1.807, 2.05) is 26.2 Å². The molecule has 5 heteroatoms. The number of nitrogen functional groups attached to an aromatic ring is 1. The van der Waals surface area contributed by atoms with Gasteiger partial charge in [0.05, 0.1) is 5.56 Å². The van der Waals surface area contributed by atoms with Crippen LogP contribution < -0.4 is 11.3 Å². The van der Waals surface area contributed by atoms with Gasteiger partial charge in [-0.05, 0) is 17.5 Å². The number of hydrogen-bond acceptors (Lipinski definition) is 4. The van der Waals surface area contributed by atoms with Gasteiger partial charge in [0.2, 0.25) is 0 Å². The van der Waals surface area contributed by atoms with E-state index in [1.165, 1.54) is 12.1 Å². The average Bonchev–Trinajstić information content (AvgIpc) is 2.25. The van der Waals surface area contributed by atoms with Gasteiger partial charge in [-0.25, -0.2) is 5.84 Å². The van der Waals surface area contributed by atoms with Crippen LogP contribution in [0.5, 0.6) is 5.75 Å². The molecule has 0 aliphatic rings. The molecule has 0 radical (unpaired) electrons. The molecule has 1 amide bonds. The van der Waals surface area contributed by atoms with E-state index in [0.717, 1.165) is 0 Å². The SMILES string of the molecule is CC(C)(C)c1c(O)ccc(C=O)c1C(=O)NN. The zero-order chi connectivity index (χ0) is 13.2. The highest BCUT2D eigenvalue weighted by molar-refractivity contribution is 6.03. The zero-order valence-electron chi connectivity index (χ0n) is 10.1. The summed E-state index contributed by atoms with van der Waals surface area (Å²) in [4.78, 5) is 22.6. The Hall–Kier alpha value is -1.88. The van der Waals surface area contributed by atoms with Crippen molar-refractivity contribution in [2.45, 2.75) is 26.2 Å². The molecule has 0 unspecified atom stereocenters. The highest BCUT2D eigenvalue weighted by atomic mass is 16.3. The minimum atomic E-state index is -0.590. The van der Waals surface area contributed by atoms with Crippen molar-refractivity contribution in [3.63, 3.8) is 0 Å². The molecule has 17 heavy (non-hydrogen) atoms. The molecule has 0 aliphatic heterocycles. The second-order valence-corrected chi connectivity index (χ2v) is 4.77. The van der Waals surface area contributed by atoms with Crippen LogP contribution in [0.15, 0.2) is 12.1 Å². The largest absolute Gasteiger partial charge is 0.508 e. The summed E-state index contributed by atoms with van der Waals surface area (Å²) in [5, 5.41) is 9.85. The van der Waals surface area contributed by atoms with Gasteiger partial charge >= 0.3 is 0 Å². The quantitative estimate of drug-likeness (QED) is 0.310. The number of phenols is 1. The maximum absolute atomic E-state index is 11.7. The first-order chi connectivity index (χ1) is 7.82. The van der Waals surface area contributed by atoms with Gasteiger partial charge in [-0.1, -0.05) is 20.8 Å². The lowest BCUT2D eigenvalue weighted by molar-refractivity contribution is 0.0945. The van der Waals surface area contributed by atoms with Gasteiger partial charge in [0.25, 0.3) is 5.91 Å². The molecule has 0 fully saturated rings. The lowest BCUT2D eigenvalue weighted by atomic mass is 9.81. The fraction of sp³-hybridized carbons (Fsp3) is 0.333. The van der Waals surface area contributed by atoms with Gasteiger partial charge in [-0.2, -0.15) is 0 Å². The van der Waals surface area contributed by atoms with Crippen molar-refractivity contribution in [1.82, 2.24) is 5.43 Å². The fourth-order valence-electron chi connectivity index (χ4n) is 1.78. The van der Waals surface area contributed by atoms with Gasteiger partial charge < -0.3 is 5.11 Å². The Morgan fingerprint density at radius 2 is 2.00 bits per heavy atom. The highest BCUT2D eigenvalue weighted by Gasteiger charge is 2.27. The maximum atomic E-state index is 11.7. The number of carbonyl (C=O) groups excluding carboxylic acids is 2. The predicted molar refractivity (Wildman–Crippen MR) is 63.8 cm³/mol. The van der Waals surface area contributed by atoms with E-state index in [-0.39, 0.29) is 16.9 Å². The standard InChI is InChI=1S/C12H16N2O3/c1-12(2,3)10-8(16)5-4-7(6-15)9(10)11(17)14-13/h4-6,16H,13H2,1-3H3,(H,14,17). The van der Waals surface area contributed by atoms with E-state index in [2.05, 4.69) is 0 Å². The zero-order valence-corrected chi connectivity index (χ0v) is 10.1. The Bertz CT molecular complexity index is 462. The molecule has 0 heterocycles. The van der Waals surface area contributed by atoms with Gasteiger partial charge in [0, 0.05) is 11.1 Å². The van der Waals surface area contributed by atoms with E-state index in [1.54, 1.807) is 0 Å². The number of nitrogens with one attached hydrogen (secondary N) is 1. The third-order valence-corrected chi connectivity index (χ3v) is 2.45. The van der Waals surface area contributed by atoms with Crippen LogP contribution >= 0.6 is 0 Å². The summed E-state index contributed by atoms with van der Waals surface area (Å²) in [5.41, 5.74) is 2.24. The smallest absolute Gasteiger partial charge is 0.266 e. The number of hydrogen-bond donors (Lipinski definition) is 3. The van der Waals surface area contributed by atoms with Crippen LogP contribution in [0.25, 0.3) is 0 Å². The summed E-state index contributed by atoms with van der Waals surface area (Å²) < 4.78 is 0. The minimum Gasteiger partial charge on any atom is -0.508 e. The highest BCUT2D eigenvalue weighted by Crippen LogP contribution is 2.34. The molecule has 5 nitrogen and oxygen atoms in total. The molecule has 0 saturated heterocycles. The first kappa shape index (κ1) is 13.2. The molecule has 0 atom stereocenters. The maximum Gasteiger partial charge on any atom is 0.266 e. The van der Waals surface area contributed by atoms with Crippen LogP contribution in [0.4, 0.5) is 0 Å². The van der Waals surface area contributed by atoms with E-state index < -0.39 is 11.3 Å². The first-order valence-electron chi connectivity index (χ1n) is 5.15. The van der Waals surface area contributed by atoms with Crippen LogP contribution in [0.3, 0.4) is 0 Å². The molecule has 1 aromatic rings. The Labute approximate surface area is 99.6 Å². The summed E-state index contributed by atoms with van der Waals surface area (Å²) in [6.07, 6.45) is 0.569. The molecule has 4 N–H and O–H groups in total. The monoisotopic (exact) mass is 236 g/mol. The number of carbonyl (C=O) groups is 2. The van der Waals surface area contributed by atoms with Gasteiger partial charge in [0.1, 0.15) is 5.75 Å². The van der Waals surface area contributed by atoms with Crippen molar-refractivity contribution in [1.29, 1.82) is 0 Å². The number of aldehydes is 1. The van der Waals surface area contributed by atoms with Crippen molar-refractivity contribution in [3.8, 4) is 5.75 Å². The molecule has 0 spiro atoms. The number of aromatic hydroxyl groups is 1. The van der Waals surface area contributed by atoms with Gasteiger partial charge in [0.15, 0.2) is 6.29 Å². The third kappa shape index (κ3) is 2.45. The Morgan fingerprint density at radius 3 is 2.41 bits per heavy atom. The Morgan fingerprint density at radius 1 is 1.41 bits per heavy atom. The summed E-state index contributed by atoms with van der Waals surface area (Å²) in [5.74, 6) is 4.48. The lowest BCUT2D eigenvalue weighted by Crippen LogP contribution is -2.33. The average molecular weight is 236 g/mol. The molecular formula is C12H16N2O3. The normalized spacial score (nSPS) is 11.1. The lowest BCUT2D eigenvalue weighted by Gasteiger charge is -2.24. The number of hydrazine groups is 1. The topological polar surface area (TPSA) is 92.4 Å². The summed E-state index contributed by atoms with van der Waals surface area (Å²) in [6.45, 7) is 5.51. The Balaban J connectivity index is 3.65. The van der Waals surface area contributed by atoms with E-state index in [4.69, 9.17) is 5.84 Å². The molecule has 0 bridgehead atoms. The second kappa shape index (κ2) is 4.55. The van der Waals surface area contributed by atoms with Crippen LogP contribution in [0, 0.1) is 0 Å². The molecule has 0 aromatic heterocycles. The summed E-state index contributed by atoms with van der Waals surface area (Å²) in [6, 6.07) is 2.79. The van der Waals surface area contributed by atoms with Crippen molar-refractivity contribution >= 4 is 12.2 Å². The summed E-state index contributed by atoms with van der Waals surface area (Å²) in [7, 11) is 0. The Kier molecular flexibility index (Phi) is 3.53. The number of amides is 1. The number of rotatable bonds is 2. The molecule has 0 aliphatic carbocycles. The minimum absolute atomic E-state index is 0.0262. The predicted octanol–water partition coefficient (Wildman–Crippen LogP) is 1.11. The first-order valence-corrected chi connectivity index (χ1v) is 5.15. The number of nitrogens with two attached hydrogens (primary N) is 1. The molecule has 92 valence electrons. The molecular weight excluding hydrogens is 220 g/mol.